The van der Waals surface area contributed by atoms with E-state index in [4.69, 9.17) is 9.47 Å². The number of benzene rings is 1. The first-order chi connectivity index (χ1) is 15.5. The number of imidazole rings is 1. The molecule has 0 saturated carbocycles. The average Bonchev–Trinajstić information content (AvgIpc) is 3.43. The number of nitrogens with zero attached hydrogens (tertiary/aromatic N) is 4. The van der Waals surface area contributed by atoms with Gasteiger partial charge >= 0.3 is 0 Å². The van der Waals surface area contributed by atoms with Gasteiger partial charge in [0.1, 0.15) is 0 Å². The monoisotopic (exact) mass is 433 g/mol. The van der Waals surface area contributed by atoms with E-state index in [-0.39, 0.29) is 18.7 Å². The maximum absolute atomic E-state index is 12.5. The number of hydrogen-bond donors (Lipinski definition) is 3. The maximum Gasteiger partial charge on any atom is 0.250 e. The van der Waals surface area contributed by atoms with Crippen molar-refractivity contribution in [1.29, 1.82) is 0 Å². The summed E-state index contributed by atoms with van der Waals surface area (Å²) in [7, 11) is 0. The van der Waals surface area contributed by atoms with E-state index in [1.165, 1.54) is 6.08 Å². The van der Waals surface area contributed by atoms with Gasteiger partial charge in [0.2, 0.25) is 18.7 Å². The van der Waals surface area contributed by atoms with Gasteiger partial charge in [0, 0.05) is 42.3 Å². The Morgan fingerprint density at radius 1 is 1.19 bits per heavy atom. The van der Waals surface area contributed by atoms with E-state index in [1.807, 2.05) is 32.0 Å². The predicted octanol–water partition coefficient (Wildman–Crippen LogP) is 2.39. The number of fused-ring (bicyclic) bond motifs is 1. The van der Waals surface area contributed by atoms with Crippen molar-refractivity contribution in [2.24, 2.45) is 4.99 Å². The number of hydrogen-bond acceptors (Lipinski definition) is 7. The van der Waals surface area contributed by atoms with Crippen molar-refractivity contribution in [3.63, 3.8) is 0 Å². The average molecular weight is 433 g/mol. The van der Waals surface area contributed by atoms with Gasteiger partial charge in [-0.1, -0.05) is 6.07 Å². The van der Waals surface area contributed by atoms with Gasteiger partial charge in [-0.25, -0.2) is 15.0 Å². The number of anilines is 1. The second-order valence-electron chi connectivity index (χ2n) is 7.09. The molecular weight excluding hydrogens is 410 g/mol. The van der Waals surface area contributed by atoms with Crippen LogP contribution in [0.2, 0.25) is 0 Å². The Morgan fingerprint density at radius 2 is 2.00 bits per heavy atom. The summed E-state index contributed by atoms with van der Waals surface area (Å²) in [6.45, 7) is 4.39. The molecule has 10 heteroatoms. The number of nitrogens with one attached hydrogen (secondary N) is 3. The molecule has 1 aromatic carbocycles. The van der Waals surface area contributed by atoms with Crippen LogP contribution in [0.5, 0.6) is 11.5 Å². The molecular formula is C22H23N7O3. The minimum absolute atomic E-state index is 0.202. The predicted molar refractivity (Wildman–Crippen MR) is 119 cm³/mol. The van der Waals surface area contributed by atoms with Crippen molar-refractivity contribution in [1.82, 2.24) is 25.3 Å². The van der Waals surface area contributed by atoms with Crippen LogP contribution in [0.3, 0.4) is 0 Å². The van der Waals surface area contributed by atoms with E-state index in [9.17, 15) is 4.79 Å². The number of ether oxygens (including phenoxy) is 2. The van der Waals surface area contributed by atoms with Crippen LogP contribution in [0, 0.1) is 13.8 Å². The fourth-order valence-corrected chi connectivity index (χ4v) is 3.05. The number of carbonyl (C=O) groups excluding carboxylic acids is 1. The summed E-state index contributed by atoms with van der Waals surface area (Å²) in [6.07, 6.45) is 7.10. The Bertz CT molecular complexity index is 1140. The highest BCUT2D eigenvalue weighted by atomic mass is 16.7. The number of aliphatic imine (C=N–C) groups is 1. The summed E-state index contributed by atoms with van der Waals surface area (Å²) < 4.78 is 10.7. The highest BCUT2D eigenvalue weighted by Crippen LogP contribution is 2.32. The Balaban J connectivity index is 1.44. The van der Waals surface area contributed by atoms with Gasteiger partial charge in [-0.15, -0.1) is 0 Å². The second-order valence-corrected chi connectivity index (χ2v) is 7.09. The standard InChI is InChI=1S/C22H23N7O3/c1-14-9-15(2)27-22(26-14)29-21(24-8-7-17-11-23-12-25-17)28-20(30)6-4-16-3-5-18-19(10-16)32-13-31-18/h3-6,9-12H,7-8,13H2,1-2H3,(H,23,25)(H2,24,26,27,28,29,30)/b6-4+. The minimum Gasteiger partial charge on any atom is -0.454 e. The molecule has 0 atom stereocenters. The fraction of sp³-hybridized carbons (Fsp3) is 0.227. The summed E-state index contributed by atoms with van der Waals surface area (Å²) in [4.78, 5) is 32.7. The SMILES string of the molecule is Cc1cc(C)nc(NC(=NCCc2cnc[nH]2)NC(=O)/C=C/c2ccc3c(c2)OCO3)n1. The van der Waals surface area contributed by atoms with E-state index in [0.717, 1.165) is 22.6 Å². The number of rotatable bonds is 6. The van der Waals surface area contributed by atoms with E-state index in [0.29, 0.717) is 30.4 Å². The van der Waals surface area contributed by atoms with Crippen LogP contribution >= 0.6 is 0 Å². The molecule has 0 bridgehead atoms. The molecule has 32 heavy (non-hydrogen) atoms. The quantitative estimate of drug-likeness (QED) is 0.309. The number of aromatic nitrogens is 4. The molecule has 0 aliphatic carbocycles. The van der Waals surface area contributed by atoms with Gasteiger partial charge in [-0.3, -0.25) is 20.4 Å². The first-order valence-corrected chi connectivity index (χ1v) is 10.0. The Labute approximate surface area is 184 Å². The van der Waals surface area contributed by atoms with Crippen LogP contribution < -0.4 is 20.1 Å². The van der Waals surface area contributed by atoms with Crippen LogP contribution in [0.15, 0.2) is 47.9 Å². The molecule has 4 rings (SSSR count). The van der Waals surface area contributed by atoms with E-state index in [1.54, 1.807) is 24.7 Å². The third-order valence-electron chi connectivity index (χ3n) is 4.48. The molecule has 0 saturated heterocycles. The highest BCUT2D eigenvalue weighted by molar-refractivity contribution is 6.08. The lowest BCUT2D eigenvalue weighted by atomic mass is 10.2. The van der Waals surface area contributed by atoms with Crippen LogP contribution in [-0.4, -0.2) is 45.1 Å². The van der Waals surface area contributed by atoms with Crippen molar-refractivity contribution < 1.29 is 14.3 Å². The van der Waals surface area contributed by atoms with E-state index < -0.39 is 0 Å². The molecule has 0 radical (unpaired) electrons. The van der Waals surface area contributed by atoms with Crippen molar-refractivity contribution >= 4 is 23.9 Å². The summed E-state index contributed by atoms with van der Waals surface area (Å²) in [6, 6.07) is 7.33. The van der Waals surface area contributed by atoms with Gasteiger partial charge < -0.3 is 14.5 Å². The summed E-state index contributed by atoms with van der Waals surface area (Å²) in [5.74, 6) is 1.62. The first kappa shape index (κ1) is 21.0. The Morgan fingerprint density at radius 3 is 2.78 bits per heavy atom. The fourth-order valence-electron chi connectivity index (χ4n) is 3.05. The molecule has 0 unspecified atom stereocenters. The lowest BCUT2D eigenvalue weighted by molar-refractivity contribution is -0.115. The van der Waals surface area contributed by atoms with Gasteiger partial charge in [0.15, 0.2) is 11.5 Å². The molecule has 10 nitrogen and oxygen atoms in total. The molecule has 1 aliphatic heterocycles. The topological polar surface area (TPSA) is 126 Å². The van der Waals surface area contributed by atoms with Crippen LogP contribution in [-0.2, 0) is 11.2 Å². The molecule has 3 aromatic rings. The van der Waals surface area contributed by atoms with Gasteiger partial charge in [0.05, 0.1) is 6.33 Å². The summed E-state index contributed by atoms with van der Waals surface area (Å²) >= 11 is 0. The summed E-state index contributed by atoms with van der Waals surface area (Å²) in [5.41, 5.74) is 3.38. The maximum atomic E-state index is 12.5. The zero-order valence-corrected chi connectivity index (χ0v) is 17.8. The number of guanidine groups is 1. The zero-order chi connectivity index (χ0) is 22.3. The number of aromatic amines is 1. The lowest BCUT2D eigenvalue weighted by Gasteiger charge is -2.10. The minimum atomic E-state index is -0.347. The van der Waals surface area contributed by atoms with Gasteiger partial charge in [0.25, 0.3) is 5.91 Å². The van der Waals surface area contributed by atoms with Crippen LogP contribution in [0.1, 0.15) is 22.6 Å². The van der Waals surface area contributed by atoms with E-state index in [2.05, 4.69) is 35.6 Å². The second kappa shape index (κ2) is 9.73. The molecule has 2 aromatic heterocycles. The largest absolute Gasteiger partial charge is 0.454 e. The number of H-pyrrole nitrogens is 1. The third-order valence-corrected chi connectivity index (χ3v) is 4.48. The smallest absolute Gasteiger partial charge is 0.250 e. The molecule has 3 N–H and O–H groups in total. The Hall–Kier alpha value is -4.21. The zero-order valence-electron chi connectivity index (χ0n) is 17.8. The molecule has 1 amide bonds. The number of carbonyl (C=O) groups is 1. The lowest BCUT2D eigenvalue weighted by Crippen LogP contribution is -2.35. The van der Waals surface area contributed by atoms with Crippen LogP contribution in [0.25, 0.3) is 6.08 Å². The van der Waals surface area contributed by atoms with Crippen molar-refractivity contribution in [2.45, 2.75) is 20.3 Å². The van der Waals surface area contributed by atoms with Crippen LogP contribution in [0.4, 0.5) is 5.95 Å². The summed E-state index contributed by atoms with van der Waals surface area (Å²) in [5, 5.41) is 5.76. The van der Waals surface area contributed by atoms with Crippen molar-refractivity contribution in [3.8, 4) is 11.5 Å². The highest BCUT2D eigenvalue weighted by Gasteiger charge is 2.12. The number of amides is 1. The first-order valence-electron chi connectivity index (χ1n) is 10.0. The normalized spacial score (nSPS) is 12.9. The Kier molecular flexibility index (Phi) is 6.40. The van der Waals surface area contributed by atoms with Gasteiger partial charge in [-0.2, -0.15) is 0 Å². The molecule has 1 aliphatic rings. The molecule has 0 fully saturated rings. The van der Waals surface area contributed by atoms with Crippen molar-refractivity contribution in [3.05, 3.63) is 65.5 Å². The van der Waals surface area contributed by atoms with Gasteiger partial charge in [-0.05, 0) is 43.7 Å². The van der Waals surface area contributed by atoms with E-state index >= 15 is 0 Å². The molecule has 164 valence electrons. The van der Waals surface area contributed by atoms with Crippen molar-refractivity contribution in [2.75, 3.05) is 18.7 Å². The number of aryl methyl sites for hydroxylation is 2. The third kappa shape index (κ3) is 5.69. The molecule has 0 spiro atoms. The molecule has 3 heterocycles.